The zero-order valence-corrected chi connectivity index (χ0v) is 5.85. The molecule has 3 nitrogen and oxygen atoms in total. The van der Waals surface area contributed by atoms with E-state index in [1.807, 2.05) is 6.26 Å². The zero-order chi connectivity index (χ0) is 6.69. The number of imidazole rings is 1. The van der Waals surface area contributed by atoms with E-state index in [9.17, 15) is 0 Å². The number of thioether (sulfide) groups is 1. The van der Waals surface area contributed by atoms with Crippen LogP contribution in [0.4, 0.5) is 0 Å². The Morgan fingerprint density at radius 2 is 2.67 bits per heavy atom. The van der Waals surface area contributed by atoms with Gasteiger partial charge in [-0.15, -0.1) is 11.8 Å². The summed E-state index contributed by atoms with van der Waals surface area (Å²) in [5.74, 6) is 0. The van der Waals surface area contributed by atoms with Crippen LogP contribution in [0.3, 0.4) is 0 Å². The van der Waals surface area contributed by atoms with Gasteiger partial charge in [0.25, 0.3) is 0 Å². The normalized spacial score (nSPS) is 13.6. The highest BCUT2D eigenvalue weighted by molar-refractivity contribution is 7.98. The molecule has 1 unspecified atom stereocenters. The van der Waals surface area contributed by atoms with Gasteiger partial charge in [-0.1, -0.05) is 0 Å². The molecular formula is C5H8N2OS. The summed E-state index contributed by atoms with van der Waals surface area (Å²) in [5.41, 5.74) is 0.287. The molecule has 0 aliphatic heterocycles. The number of H-pyrrole nitrogens is 1. The standard InChI is InChI=1S/C5H8N2OS/c1-9-5(8)4-2-6-3-7-4/h2-3,5,8H,1H3,(H,6,7). The number of hydrogen-bond acceptors (Lipinski definition) is 3. The van der Waals surface area contributed by atoms with E-state index in [2.05, 4.69) is 9.97 Å². The maximum absolute atomic E-state index is 9.11. The maximum atomic E-state index is 9.11. The van der Waals surface area contributed by atoms with E-state index in [4.69, 9.17) is 5.11 Å². The van der Waals surface area contributed by atoms with E-state index in [-0.39, 0.29) is 0 Å². The average molecular weight is 144 g/mol. The number of aromatic nitrogens is 2. The first-order valence-corrected chi connectivity index (χ1v) is 3.82. The van der Waals surface area contributed by atoms with Gasteiger partial charge in [-0.25, -0.2) is 4.98 Å². The molecule has 0 aliphatic rings. The van der Waals surface area contributed by atoms with Crippen molar-refractivity contribution < 1.29 is 5.11 Å². The van der Waals surface area contributed by atoms with Crippen LogP contribution in [-0.2, 0) is 0 Å². The second-order valence-electron chi connectivity index (χ2n) is 1.60. The number of aliphatic hydroxyl groups excluding tert-OH is 1. The largest absolute Gasteiger partial charge is 0.376 e. The van der Waals surface area contributed by atoms with Crippen LogP contribution in [-0.4, -0.2) is 21.3 Å². The summed E-state index contributed by atoms with van der Waals surface area (Å²) in [6.45, 7) is 0. The number of nitrogens with one attached hydrogen (secondary N) is 1. The fourth-order valence-corrected chi connectivity index (χ4v) is 0.911. The lowest BCUT2D eigenvalue weighted by atomic mass is 10.5. The van der Waals surface area contributed by atoms with Crippen molar-refractivity contribution in [3.63, 3.8) is 0 Å². The van der Waals surface area contributed by atoms with Crippen molar-refractivity contribution in [3.8, 4) is 0 Å². The Kier molecular flexibility index (Phi) is 2.13. The lowest BCUT2D eigenvalue weighted by Gasteiger charge is -2.00. The van der Waals surface area contributed by atoms with Crippen LogP contribution in [0.2, 0.25) is 0 Å². The Bertz CT molecular complexity index is 163. The summed E-state index contributed by atoms with van der Waals surface area (Å²) in [7, 11) is 0. The van der Waals surface area contributed by atoms with Crippen LogP contribution < -0.4 is 0 Å². The van der Waals surface area contributed by atoms with Gasteiger partial charge in [-0.2, -0.15) is 0 Å². The van der Waals surface area contributed by atoms with E-state index in [0.717, 1.165) is 5.69 Å². The third-order valence-electron chi connectivity index (χ3n) is 1.01. The van der Waals surface area contributed by atoms with Crippen molar-refractivity contribution in [1.29, 1.82) is 0 Å². The minimum Gasteiger partial charge on any atom is -0.376 e. The number of aliphatic hydroxyl groups is 1. The predicted molar refractivity (Wildman–Crippen MR) is 37.1 cm³/mol. The van der Waals surface area contributed by atoms with Gasteiger partial charge in [0.2, 0.25) is 0 Å². The van der Waals surface area contributed by atoms with Crippen LogP contribution >= 0.6 is 11.8 Å². The van der Waals surface area contributed by atoms with Crippen molar-refractivity contribution in [2.24, 2.45) is 0 Å². The third-order valence-corrected chi connectivity index (χ3v) is 1.71. The lowest BCUT2D eigenvalue weighted by molar-refractivity contribution is 0.266. The van der Waals surface area contributed by atoms with Crippen molar-refractivity contribution in [3.05, 3.63) is 18.2 Å². The molecule has 0 amide bonds. The molecule has 1 rings (SSSR count). The Hall–Kier alpha value is -0.480. The summed E-state index contributed by atoms with van der Waals surface area (Å²) < 4.78 is 0. The van der Waals surface area contributed by atoms with E-state index in [0.29, 0.717) is 0 Å². The Morgan fingerprint density at radius 1 is 1.89 bits per heavy atom. The lowest BCUT2D eigenvalue weighted by Crippen LogP contribution is -1.89. The number of nitrogens with zero attached hydrogens (tertiary/aromatic N) is 1. The minimum absolute atomic E-state index is 0.465. The van der Waals surface area contributed by atoms with Gasteiger partial charge < -0.3 is 10.1 Å². The van der Waals surface area contributed by atoms with Crippen molar-refractivity contribution in [2.45, 2.75) is 5.44 Å². The van der Waals surface area contributed by atoms with Crippen LogP contribution in [0.5, 0.6) is 0 Å². The second-order valence-corrected chi connectivity index (χ2v) is 2.51. The fraction of sp³-hybridized carbons (Fsp3) is 0.400. The smallest absolute Gasteiger partial charge is 0.141 e. The summed E-state index contributed by atoms with van der Waals surface area (Å²) in [6.07, 6.45) is 5.00. The van der Waals surface area contributed by atoms with Crippen LogP contribution in [0.15, 0.2) is 12.5 Å². The molecule has 0 spiro atoms. The van der Waals surface area contributed by atoms with Gasteiger partial charge in [0.1, 0.15) is 5.44 Å². The van der Waals surface area contributed by atoms with Gasteiger partial charge in [-0.05, 0) is 6.26 Å². The molecule has 1 heterocycles. The van der Waals surface area contributed by atoms with Crippen LogP contribution in [0.1, 0.15) is 11.1 Å². The molecule has 0 bridgehead atoms. The molecule has 50 valence electrons. The molecule has 4 heteroatoms. The van der Waals surface area contributed by atoms with E-state index < -0.39 is 5.44 Å². The number of hydrogen-bond donors (Lipinski definition) is 2. The van der Waals surface area contributed by atoms with Crippen molar-refractivity contribution in [1.82, 2.24) is 9.97 Å². The van der Waals surface area contributed by atoms with E-state index >= 15 is 0 Å². The van der Waals surface area contributed by atoms with Gasteiger partial charge in [-0.3, -0.25) is 0 Å². The molecule has 9 heavy (non-hydrogen) atoms. The fourth-order valence-electron chi connectivity index (χ4n) is 0.529. The molecule has 1 aromatic rings. The quantitative estimate of drug-likeness (QED) is 0.602. The Labute approximate surface area is 57.5 Å². The summed E-state index contributed by atoms with van der Waals surface area (Å²) in [6, 6.07) is 0. The zero-order valence-electron chi connectivity index (χ0n) is 5.03. The molecule has 0 saturated carbocycles. The van der Waals surface area contributed by atoms with Gasteiger partial charge in [0, 0.05) is 0 Å². The Morgan fingerprint density at radius 3 is 3.11 bits per heavy atom. The molecule has 0 radical (unpaired) electrons. The first-order chi connectivity index (χ1) is 4.34. The highest BCUT2D eigenvalue weighted by atomic mass is 32.2. The van der Waals surface area contributed by atoms with Crippen LogP contribution in [0.25, 0.3) is 0 Å². The Balaban J connectivity index is 2.65. The SMILES string of the molecule is CSC(O)c1cnc[nH]1. The first-order valence-electron chi connectivity index (χ1n) is 2.53. The van der Waals surface area contributed by atoms with Gasteiger partial charge >= 0.3 is 0 Å². The molecule has 1 atom stereocenters. The molecule has 2 N–H and O–H groups in total. The molecule has 0 aliphatic carbocycles. The van der Waals surface area contributed by atoms with E-state index in [1.165, 1.54) is 11.8 Å². The topological polar surface area (TPSA) is 48.9 Å². The number of rotatable bonds is 2. The molecular weight excluding hydrogens is 136 g/mol. The summed E-state index contributed by atoms with van der Waals surface area (Å²) in [5, 5.41) is 9.11. The van der Waals surface area contributed by atoms with Crippen LogP contribution in [0, 0.1) is 0 Å². The van der Waals surface area contributed by atoms with Crippen molar-refractivity contribution >= 4 is 11.8 Å². The first kappa shape index (κ1) is 6.64. The molecule has 0 aromatic carbocycles. The summed E-state index contributed by atoms with van der Waals surface area (Å²) in [4.78, 5) is 6.57. The highest BCUT2D eigenvalue weighted by Crippen LogP contribution is 2.19. The summed E-state index contributed by atoms with van der Waals surface area (Å²) >= 11 is 1.37. The highest BCUT2D eigenvalue weighted by Gasteiger charge is 2.03. The third kappa shape index (κ3) is 1.46. The second kappa shape index (κ2) is 2.89. The molecule has 0 fully saturated rings. The number of aromatic amines is 1. The maximum Gasteiger partial charge on any atom is 0.141 e. The van der Waals surface area contributed by atoms with Crippen molar-refractivity contribution in [2.75, 3.05) is 6.26 Å². The molecule has 1 aromatic heterocycles. The van der Waals surface area contributed by atoms with Gasteiger partial charge in [0.15, 0.2) is 0 Å². The monoisotopic (exact) mass is 144 g/mol. The van der Waals surface area contributed by atoms with E-state index in [1.54, 1.807) is 12.5 Å². The average Bonchev–Trinajstić information content (AvgIpc) is 2.37. The predicted octanol–water partition coefficient (Wildman–Crippen LogP) is 0.764. The molecule has 0 saturated heterocycles. The minimum atomic E-state index is -0.465. The van der Waals surface area contributed by atoms with Gasteiger partial charge in [0.05, 0.1) is 18.2 Å².